The molecule has 7 nitrogen and oxygen atoms in total. The zero-order valence-electron chi connectivity index (χ0n) is 19.1. The van der Waals surface area contributed by atoms with Gasteiger partial charge in [0.15, 0.2) is 16.3 Å². The molecule has 176 valence electrons. The Morgan fingerprint density at radius 2 is 1.97 bits per heavy atom. The predicted octanol–water partition coefficient (Wildman–Crippen LogP) is 3.58. The maximum Gasteiger partial charge on any atom is 0.338 e. The van der Waals surface area contributed by atoms with Crippen LogP contribution in [0.2, 0.25) is 0 Å². The zero-order chi connectivity index (χ0) is 24.4. The van der Waals surface area contributed by atoms with Crippen LogP contribution in [-0.2, 0) is 9.53 Å². The van der Waals surface area contributed by atoms with E-state index < -0.39 is 12.0 Å². The fraction of sp³-hybridized carbons (Fsp3) is 0.240. The number of allylic oxidation sites excluding steroid dienone is 1. The second-order valence-electron chi connectivity index (χ2n) is 7.44. The van der Waals surface area contributed by atoms with Crippen molar-refractivity contribution >= 4 is 39.3 Å². The predicted molar refractivity (Wildman–Crippen MR) is 134 cm³/mol. The second-order valence-corrected chi connectivity index (χ2v) is 9.36. The molecule has 0 bridgehead atoms. The normalized spacial score (nSPS) is 15.6. The molecule has 3 aromatic rings. The minimum Gasteiger partial charge on any atom is -0.493 e. The quantitative estimate of drug-likeness (QED) is 0.445. The standard InChI is InChI=1S/C25H23BrN2O5S/c1-5-33-24(30)20-14(2)27-25-28(21(20)15-8-6-10-17(26)12-15)23(29)19(34-25)13-16-9-7-11-18(31-3)22(16)32-4/h6-13,21H,5H2,1-4H3/b19-13-/t21-/m1/s1. The molecule has 0 saturated carbocycles. The lowest BCUT2D eigenvalue weighted by Crippen LogP contribution is -2.39. The van der Waals surface area contributed by atoms with E-state index in [9.17, 15) is 9.59 Å². The van der Waals surface area contributed by atoms with E-state index in [-0.39, 0.29) is 12.2 Å². The van der Waals surface area contributed by atoms with Gasteiger partial charge in [-0.25, -0.2) is 9.79 Å². The van der Waals surface area contributed by atoms with Gasteiger partial charge in [-0.2, -0.15) is 0 Å². The zero-order valence-corrected chi connectivity index (χ0v) is 21.5. The monoisotopic (exact) mass is 542 g/mol. The van der Waals surface area contributed by atoms with Crippen LogP contribution in [0.1, 0.15) is 31.0 Å². The van der Waals surface area contributed by atoms with Crippen LogP contribution in [-0.4, -0.2) is 31.4 Å². The highest BCUT2D eigenvalue weighted by Gasteiger charge is 2.33. The molecule has 0 aliphatic carbocycles. The van der Waals surface area contributed by atoms with E-state index in [1.807, 2.05) is 36.4 Å². The summed E-state index contributed by atoms with van der Waals surface area (Å²) in [4.78, 5) is 31.8. The Morgan fingerprint density at radius 1 is 1.21 bits per heavy atom. The Kier molecular flexibility index (Phi) is 7.04. The van der Waals surface area contributed by atoms with Gasteiger partial charge in [-0.05, 0) is 43.7 Å². The van der Waals surface area contributed by atoms with E-state index in [0.717, 1.165) is 10.0 Å². The number of methoxy groups -OCH3 is 2. The van der Waals surface area contributed by atoms with Crippen LogP contribution in [0.5, 0.6) is 11.5 Å². The Bertz CT molecular complexity index is 1470. The highest BCUT2D eigenvalue weighted by Crippen LogP contribution is 2.33. The third-order valence-corrected chi connectivity index (χ3v) is 6.88. The van der Waals surface area contributed by atoms with Crippen LogP contribution in [0.4, 0.5) is 0 Å². The Morgan fingerprint density at radius 3 is 2.65 bits per heavy atom. The van der Waals surface area contributed by atoms with Gasteiger partial charge in [0.1, 0.15) is 0 Å². The fourth-order valence-corrected chi connectivity index (χ4v) is 5.40. The third-order valence-electron chi connectivity index (χ3n) is 5.40. The molecule has 1 aliphatic heterocycles. The lowest BCUT2D eigenvalue weighted by molar-refractivity contribution is -0.139. The lowest BCUT2D eigenvalue weighted by atomic mass is 9.96. The van der Waals surface area contributed by atoms with Crippen molar-refractivity contribution in [2.45, 2.75) is 19.9 Å². The Labute approximate surface area is 208 Å². The van der Waals surface area contributed by atoms with Crippen LogP contribution in [0.15, 0.2) is 68.0 Å². The van der Waals surface area contributed by atoms with E-state index in [2.05, 4.69) is 20.9 Å². The summed E-state index contributed by atoms with van der Waals surface area (Å²) in [5.74, 6) is 0.608. The Hall–Kier alpha value is -3.17. The molecule has 0 spiro atoms. The number of halogens is 1. The first kappa shape index (κ1) is 24.0. The van der Waals surface area contributed by atoms with Crippen LogP contribution in [0, 0.1) is 0 Å². The number of thiazole rings is 1. The van der Waals surface area contributed by atoms with Crippen molar-refractivity contribution in [2.24, 2.45) is 4.99 Å². The van der Waals surface area contributed by atoms with Crippen molar-refractivity contribution in [3.8, 4) is 11.5 Å². The first-order valence-corrected chi connectivity index (χ1v) is 12.2. The van der Waals surface area contributed by atoms with Crippen LogP contribution < -0.4 is 24.4 Å². The number of esters is 1. The maximum absolute atomic E-state index is 13.7. The van der Waals surface area contributed by atoms with Crippen LogP contribution in [0.25, 0.3) is 6.08 Å². The highest BCUT2D eigenvalue weighted by atomic mass is 79.9. The number of hydrogen-bond donors (Lipinski definition) is 0. The number of fused-ring (bicyclic) bond motifs is 1. The van der Waals surface area contributed by atoms with Crippen molar-refractivity contribution in [3.63, 3.8) is 0 Å². The van der Waals surface area contributed by atoms with Crippen molar-refractivity contribution in [1.29, 1.82) is 0 Å². The molecule has 0 fully saturated rings. The van der Waals surface area contributed by atoms with Gasteiger partial charge in [0.2, 0.25) is 0 Å². The number of nitrogens with zero attached hydrogens (tertiary/aromatic N) is 2. The molecular formula is C25H23BrN2O5S. The number of aromatic nitrogens is 1. The van der Waals surface area contributed by atoms with E-state index in [4.69, 9.17) is 14.2 Å². The molecule has 9 heteroatoms. The van der Waals surface area contributed by atoms with Gasteiger partial charge in [-0.15, -0.1) is 0 Å². The molecule has 0 unspecified atom stereocenters. The van der Waals surface area contributed by atoms with Gasteiger partial charge in [0, 0.05) is 10.0 Å². The molecule has 0 radical (unpaired) electrons. The number of carbonyl (C=O) groups is 1. The van der Waals surface area contributed by atoms with Crippen molar-refractivity contribution < 1.29 is 19.0 Å². The summed E-state index contributed by atoms with van der Waals surface area (Å²) in [6.45, 7) is 3.74. The number of benzene rings is 2. The SMILES string of the molecule is CCOC(=O)C1=C(C)N=c2s/c(=C\c3cccc(OC)c3OC)c(=O)n2[C@@H]1c1cccc(Br)c1. The molecular weight excluding hydrogens is 520 g/mol. The summed E-state index contributed by atoms with van der Waals surface area (Å²) in [7, 11) is 3.12. The molecule has 0 amide bonds. The molecule has 0 N–H and O–H groups in total. The number of ether oxygens (including phenoxy) is 3. The molecule has 1 aliphatic rings. The molecule has 4 rings (SSSR count). The van der Waals surface area contributed by atoms with Gasteiger partial charge in [0.25, 0.3) is 5.56 Å². The number of carbonyl (C=O) groups excluding carboxylic acids is 1. The van der Waals surface area contributed by atoms with Crippen molar-refractivity contribution in [3.05, 3.63) is 89.0 Å². The summed E-state index contributed by atoms with van der Waals surface area (Å²) >= 11 is 4.75. The minimum atomic E-state index is -0.665. The summed E-state index contributed by atoms with van der Waals surface area (Å²) in [6, 6.07) is 12.3. The summed E-state index contributed by atoms with van der Waals surface area (Å²) in [5.41, 5.74) is 2.09. The van der Waals surface area contributed by atoms with E-state index in [1.165, 1.54) is 11.3 Å². The molecule has 1 atom stereocenters. The smallest absolute Gasteiger partial charge is 0.338 e. The number of para-hydroxylation sites is 1. The van der Waals surface area contributed by atoms with E-state index in [1.54, 1.807) is 44.8 Å². The molecule has 1 aromatic heterocycles. The summed E-state index contributed by atoms with van der Waals surface area (Å²) in [6.07, 6.45) is 1.76. The van der Waals surface area contributed by atoms with Crippen LogP contribution in [0.3, 0.4) is 0 Å². The summed E-state index contributed by atoms with van der Waals surface area (Å²) < 4.78 is 19.1. The van der Waals surface area contributed by atoms with Gasteiger partial charge < -0.3 is 14.2 Å². The van der Waals surface area contributed by atoms with E-state index in [0.29, 0.717) is 37.7 Å². The second kappa shape index (κ2) is 9.99. The number of rotatable bonds is 6. The van der Waals surface area contributed by atoms with E-state index >= 15 is 0 Å². The largest absolute Gasteiger partial charge is 0.493 e. The Balaban J connectivity index is 1.98. The summed E-state index contributed by atoms with van der Waals surface area (Å²) in [5, 5.41) is 0. The minimum absolute atomic E-state index is 0.223. The molecule has 34 heavy (non-hydrogen) atoms. The first-order chi connectivity index (χ1) is 16.4. The third kappa shape index (κ3) is 4.33. The topological polar surface area (TPSA) is 79.1 Å². The first-order valence-electron chi connectivity index (χ1n) is 10.6. The molecule has 2 aromatic carbocycles. The fourth-order valence-electron chi connectivity index (χ4n) is 3.95. The average molecular weight is 543 g/mol. The van der Waals surface area contributed by atoms with Crippen LogP contribution >= 0.6 is 27.3 Å². The highest BCUT2D eigenvalue weighted by molar-refractivity contribution is 9.10. The van der Waals surface area contributed by atoms with Crippen molar-refractivity contribution in [2.75, 3.05) is 20.8 Å². The lowest BCUT2D eigenvalue weighted by Gasteiger charge is -2.24. The van der Waals surface area contributed by atoms with Gasteiger partial charge in [-0.1, -0.05) is 51.5 Å². The van der Waals surface area contributed by atoms with Crippen molar-refractivity contribution in [1.82, 2.24) is 4.57 Å². The molecule has 0 saturated heterocycles. The molecule has 2 heterocycles. The van der Waals surface area contributed by atoms with Gasteiger partial charge in [0.05, 0.1) is 42.7 Å². The average Bonchev–Trinajstić information content (AvgIpc) is 3.12. The van der Waals surface area contributed by atoms with Gasteiger partial charge >= 0.3 is 5.97 Å². The maximum atomic E-state index is 13.7. The van der Waals surface area contributed by atoms with Gasteiger partial charge in [-0.3, -0.25) is 9.36 Å². The number of hydrogen-bond acceptors (Lipinski definition) is 7.